The van der Waals surface area contributed by atoms with Gasteiger partial charge in [-0.15, -0.1) is 9.24 Å². The number of allylic oxidation sites excluding steroid dienone is 5. The molecule has 1 unspecified atom stereocenters. The van der Waals surface area contributed by atoms with Crippen LogP contribution in [0.1, 0.15) is 13.8 Å². The van der Waals surface area contributed by atoms with Crippen molar-refractivity contribution in [3.05, 3.63) is 35.7 Å². The van der Waals surface area contributed by atoms with E-state index in [2.05, 4.69) is 29.7 Å². The smallest absolute Gasteiger partial charge is 0.0316 e. The molecule has 0 amide bonds. The van der Waals surface area contributed by atoms with Gasteiger partial charge in [-0.05, 0) is 19.2 Å². The van der Waals surface area contributed by atoms with E-state index in [0.29, 0.717) is 0 Å². The Hall–Kier alpha value is -0.350. The minimum absolute atomic E-state index is 1.23. The maximum Gasteiger partial charge on any atom is -0.0316 e. The van der Waals surface area contributed by atoms with Crippen LogP contribution in [0.25, 0.3) is 0 Å². The van der Waals surface area contributed by atoms with Gasteiger partial charge in [0.15, 0.2) is 0 Å². The highest BCUT2D eigenvalue weighted by Crippen LogP contribution is 2.12. The van der Waals surface area contributed by atoms with E-state index in [0.717, 1.165) is 0 Å². The van der Waals surface area contributed by atoms with E-state index in [1.807, 2.05) is 12.2 Å². The summed E-state index contributed by atoms with van der Waals surface area (Å²) < 4.78 is 0. The molecule has 0 saturated carbocycles. The zero-order chi connectivity index (χ0) is 7.28. The van der Waals surface area contributed by atoms with Crippen LogP contribution < -0.4 is 0 Å². The fraction of sp³-hybridized carbons (Fsp3) is 0.250. The molecule has 0 aliphatic rings. The molecule has 0 N–H and O–H groups in total. The molecule has 0 saturated heterocycles. The molecule has 0 fully saturated rings. The van der Waals surface area contributed by atoms with Crippen molar-refractivity contribution >= 4 is 9.24 Å². The first kappa shape index (κ1) is 8.65. The number of hydrogen-bond donors (Lipinski definition) is 0. The van der Waals surface area contributed by atoms with Gasteiger partial charge in [-0.3, -0.25) is 0 Å². The van der Waals surface area contributed by atoms with E-state index in [9.17, 15) is 0 Å². The van der Waals surface area contributed by atoms with E-state index in [1.165, 1.54) is 10.9 Å². The van der Waals surface area contributed by atoms with Crippen LogP contribution in [0.3, 0.4) is 0 Å². The van der Waals surface area contributed by atoms with E-state index >= 15 is 0 Å². The van der Waals surface area contributed by atoms with Gasteiger partial charge < -0.3 is 0 Å². The molecule has 1 atom stereocenters. The second-order valence-corrected chi connectivity index (χ2v) is 2.67. The highest BCUT2D eigenvalue weighted by Gasteiger charge is 1.81. The van der Waals surface area contributed by atoms with Crippen LogP contribution in [0.4, 0.5) is 0 Å². The van der Waals surface area contributed by atoms with Gasteiger partial charge in [-0.25, -0.2) is 0 Å². The third-order valence-electron chi connectivity index (χ3n) is 0.989. The fourth-order valence-corrected chi connectivity index (χ4v) is 0.449. The monoisotopic (exact) mass is 140 g/mol. The lowest BCUT2D eigenvalue weighted by Gasteiger charge is -1.91. The molecule has 0 aliphatic heterocycles. The summed E-state index contributed by atoms with van der Waals surface area (Å²) in [5.41, 5.74) is 1.32. The molecule has 0 bridgehead atoms. The normalized spacial score (nSPS) is 9.67. The summed E-state index contributed by atoms with van der Waals surface area (Å²) in [6, 6.07) is 0. The maximum absolute atomic E-state index is 3.57. The summed E-state index contributed by atoms with van der Waals surface area (Å²) in [5.74, 6) is 0. The molecule has 50 valence electrons. The Kier molecular flexibility index (Phi) is 4.35. The maximum atomic E-state index is 3.57. The lowest BCUT2D eigenvalue weighted by Crippen LogP contribution is -1.66. The number of hydrogen-bond acceptors (Lipinski definition) is 0. The van der Waals surface area contributed by atoms with Crippen molar-refractivity contribution in [3.8, 4) is 0 Å². The zero-order valence-corrected chi connectivity index (χ0v) is 7.17. The van der Waals surface area contributed by atoms with Gasteiger partial charge in [0, 0.05) is 0 Å². The molecular formula is C8H13P. The third kappa shape index (κ3) is 4.17. The average molecular weight is 140 g/mol. The predicted octanol–water partition coefficient (Wildman–Crippen LogP) is 2.90. The largest absolute Gasteiger partial charge is 0.106 e. The van der Waals surface area contributed by atoms with E-state index in [1.54, 1.807) is 6.08 Å². The first-order chi connectivity index (χ1) is 4.18. The van der Waals surface area contributed by atoms with E-state index < -0.39 is 0 Å². The lowest BCUT2D eigenvalue weighted by atomic mass is 10.3. The van der Waals surface area contributed by atoms with Crippen LogP contribution in [-0.4, -0.2) is 0 Å². The summed E-state index contributed by atoms with van der Waals surface area (Å²) in [6.45, 7) is 7.73. The van der Waals surface area contributed by atoms with Gasteiger partial charge in [-0.1, -0.05) is 30.4 Å². The molecule has 0 spiro atoms. The molecule has 0 aromatic rings. The van der Waals surface area contributed by atoms with Gasteiger partial charge in [0.1, 0.15) is 0 Å². The minimum atomic E-state index is 1.23. The summed E-state index contributed by atoms with van der Waals surface area (Å²) in [6.07, 6.45) is 5.72. The van der Waals surface area contributed by atoms with Crippen molar-refractivity contribution in [3.63, 3.8) is 0 Å². The first-order valence-electron chi connectivity index (χ1n) is 2.90. The Bertz CT molecular complexity index is 148. The zero-order valence-electron chi connectivity index (χ0n) is 6.02. The Balaban J connectivity index is 4.06. The van der Waals surface area contributed by atoms with Gasteiger partial charge in [0.2, 0.25) is 0 Å². The molecule has 1 heteroatoms. The molecule has 0 aromatic heterocycles. The van der Waals surface area contributed by atoms with Crippen LogP contribution in [0.2, 0.25) is 0 Å². The van der Waals surface area contributed by atoms with Crippen molar-refractivity contribution in [2.45, 2.75) is 13.8 Å². The van der Waals surface area contributed by atoms with Crippen LogP contribution in [0, 0.1) is 0 Å². The van der Waals surface area contributed by atoms with E-state index in [-0.39, 0.29) is 0 Å². The van der Waals surface area contributed by atoms with Crippen molar-refractivity contribution in [2.75, 3.05) is 0 Å². The highest BCUT2D eigenvalue weighted by molar-refractivity contribution is 7.23. The lowest BCUT2D eigenvalue weighted by molar-refractivity contribution is 1.38. The van der Waals surface area contributed by atoms with E-state index in [4.69, 9.17) is 0 Å². The Morgan fingerprint density at radius 2 is 2.00 bits per heavy atom. The summed E-state index contributed by atoms with van der Waals surface area (Å²) in [4.78, 5) is 0. The number of rotatable bonds is 2. The van der Waals surface area contributed by atoms with Crippen LogP contribution in [0.5, 0.6) is 0 Å². The molecule has 0 nitrogen and oxygen atoms in total. The first-order valence-corrected chi connectivity index (χ1v) is 3.48. The van der Waals surface area contributed by atoms with Gasteiger partial charge in [0.25, 0.3) is 0 Å². The van der Waals surface area contributed by atoms with Crippen molar-refractivity contribution in [1.29, 1.82) is 0 Å². The van der Waals surface area contributed by atoms with Crippen molar-refractivity contribution < 1.29 is 0 Å². The molecule has 9 heavy (non-hydrogen) atoms. The standard InChI is InChI=1S/C8H13P/c1-4-5-6-8(9)7(2)3/h4-6H,1,9H2,2-3H3/b6-5-. The van der Waals surface area contributed by atoms with Crippen LogP contribution in [-0.2, 0) is 0 Å². The summed E-state index contributed by atoms with van der Waals surface area (Å²) in [7, 11) is 2.67. The second kappa shape index (κ2) is 4.52. The Labute approximate surface area is 59.6 Å². The van der Waals surface area contributed by atoms with Gasteiger partial charge >= 0.3 is 0 Å². The fourth-order valence-electron chi connectivity index (χ4n) is 0.338. The van der Waals surface area contributed by atoms with Gasteiger partial charge in [-0.2, -0.15) is 0 Å². The summed E-state index contributed by atoms with van der Waals surface area (Å²) >= 11 is 0. The molecule has 0 heterocycles. The second-order valence-electron chi connectivity index (χ2n) is 2.05. The van der Waals surface area contributed by atoms with Crippen LogP contribution >= 0.6 is 9.24 Å². The molecule has 0 aromatic carbocycles. The third-order valence-corrected chi connectivity index (χ3v) is 1.76. The highest BCUT2D eigenvalue weighted by atomic mass is 31.0. The molecule has 0 rings (SSSR count). The summed E-state index contributed by atoms with van der Waals surface area (Å²) in [5, 5.41) is 1.23. The van der Waals surface area contributed by atoms with Crippen molar-refractivity contribution in [1.82, 2.24) is 0 Å². The SMILES string of the molecule is C=C/C=C\C(P)=C(C)C. The predicted molar refractivity (Wildman–Crippen MR) is 47.4 cm³/mol. The minimum Gasteiger partial charge on any atom is -0.106 e. The molecule has 0 aliphatic carbocycles. The van der Waals surface area contributed by atoms with Crippen molar-refractivity contribution in [2.24, 2.45) is 0 Å². The topological polar surface area (TPSA) is 0 Å². The average Bonchev–Trinajstić information content (AvgIpc) is 1.82. The quantitative estimate of drug-likeness (QED) is 0.408. The molecular weight excluding hydrogens is 127 g/mol. The Morgan fingerprint density at radius 1 is 1.44 bits per heavy atom. The Morgan fingerprint density at radius 3 is 2.33 bits per heavy atom. The van der Waals surface area contributed by atoms with Crippen LogP contribution in [0.15, 0.2) is 35.7 Å². The molecule has 0 radical (unpaired) electrons. The van der Waals surface area contributed by atoms with Gasteiger partial charge in [0.05, 0.1) is 0 Å².